The van der Waals surface area contributed by atoms with E-state index < -0.39 is 6.10 Å². The van der Waals surface area contributed by atoms with E-state index in [2.05, 4.69) is 154 Å². The number of unbranched alkanes of at least 4 members (excludes halogenated alkanes) is 13. The summed E-state index contributed by atoms with van der Waals surface area (Å²) in [7, 11) is 0. The van der Waals surface area contributed by atoms with Crippen LogP contribution < -0.4 is 0 Å². The van der Waals surface area contributed by atoms with Crippen LogP contribution in [0.4, 0.5) is 0 Å². The first-order chi connectivity index (χ1) is 33.0. The highest BCUT2D eigenvalue weighted by Gasteiger charge is 2.19. The van der Waals surface area contributed by atoms with Gasteiger partial charge in [0, 0.05) is 19.3 Å². The van der Waals surface area contributed by atoms with Crippen LogP contribution in [-0.2, 0) is 28.6 Å². The number of allylic oxidation sites excluding steroid dienone is 22. The van der Waals surface area contributed by atoms with Gasteiger partial charge in [-0.2, -0.15) is 0 Å². The molecule has 0 rings (SSSR count). The van der Waals surface area contributed by atoms with Gasteiger partial charge in [-0.05, 0) is 122 Å². The van der Waals surface area contributed by atoms with E-state index in [-0.39, 0.29) is 50.4 Å². The highest BCUT2D eigenvalue weighted by atomic mass is 16.6. The van der Waals surface area contributed by atoms with Gasteiger partial charge in [-0.25, -0.2) is 0 Å². The Balaban J connectivity index is 4.60. The van der Waals surface area contributed by atoms with E-state index in [1.165, 1.54) is 51.4 Å². The quantitative estimate of drug-likeness (QED) is 0.0262. The summed E-state index contributed by atoms with van der Waals surface area (Å²) in [5.74, 6) is -1.06. The van der Waals surface area contributed by atoms with Gasteiger partial charge in [-0.1, -0.05) is 206 Å². The van der Waals surface area contributed by atoms with E-state index in [0.717, 1.165) is 109 Å². The minimum absolute atomic E-state index is 0.133. The molecule has 0 aromatic rings. The van der Waals surface area contributed by atoms with Gasteiger partial charge in [0.05, 0.1) is 0 Å². The molecule has 0 aliphatic heterocycles. The van der Waals surface area contributed by atoms with Gasteiger partial charge < -0.3 is 14.2 Å². The highest BCUT2D eigenvalue weighted by molar-refractivity contribution is 5.71. The van der Waals surface area contributed by atoms with Gasteiger partial charge in [0.2, 0.25) is 0 Å². The topological polar surface area (TPSA) is 78.9 Å². The molecule has 0 heterocycles. The summed E-state index contributed by atoms with van der Waals surface area (Å²) in [6.45, 7) is 6.28. The molecule has 0 N–H and O–H groups in total. The van der Waals surface area contributed by atoms with Crippen LogP contribution >= 0.6 is 0 Å². The van der Waals surface area contributed by atoms with Crippen LogP contribution in [-0.4, -0.2) is 37.2 Å². The van der Waals surface area contributed by atoms with Crippen LogP contribution in [0.1, 0.15) is 213 Å². The molecule has 0 spiro atoms. The lowest BCUT2D eigenvalue weighted by Crippen LogP contribution is -2.30. The molecule has 6 heteroatoms. The van der Waals surface area contributed by atoms with Crippen LogP contribution in [0.3, 0.4) is 0 Å². The maximum atomic E-state index is 12.8. The molecule has 0 amide bonds. The Morgan fingerprint density at radius 1 is 0.313 bits per heavy atom. The van der Waals surface area contributed by atoms with Gasteiger partial charge in [0.15, 0.2) is 6.10 Å². The molecule has 0 fully saturated rings. The number of esters is 3. The third kappa shape index (κ3) is 52.4. The van der Waals surface area contributed by atoms with Crippen LogP contribution in [0.5, 0.6) is 0 Å². The van der Waals surface area contributed by atoms with Crippen molar-refractivity contribution in [3.63, 3.8) is 0 Å². The lowest BCUT2D eigenvalue weighted by atomic mass is 10.1. The van der Waals surface area contributed by atoms with E-state index in [9.17, 15) is 14.4 Å². The van der Waals surface area contributed by atoms with E-state index in [4.69, 9.17) is 14.2 Å². The van der Waals surface area contributed by atoms with Crippen molar-refractivity contribution in [2.45, 2.75) is 219 Å². The zero-order chi connectivity index (χ0) is 48.6. The predicted molar refractivity (Wildman–Crippen MR) is 288 cm³/mol. The fourth-order valence-electron chi connectivity index (χ4n) is 6.68. The van der Waals surface area contributed by atoms with Crippen LogP contribution in [0.2, 0.25) is 0 Å². The van der Waals surface area contributed by atoms with Crippen LogP contribution in [0, 0.1) is 0 Å². The van der Waals surface area contributed by atoms with Crippen molar-refractivity contribution in [3.8, 4) is 0 Å². The average molecular weight is 925 g/mol. The Morgan fingerprint density at radius 2 is 0.597 bits per heavy atom. The normalized spacial score (nSPS) is 12.8. The standard InChI is InChI=1S/C61H96O6/c1-4-7-10-13-16-19-22-25-28-30-33-35-38-41-44-47-50-53-59(62)65-56-58(67-61(64)55-52-49-46-43-40-37-32-27-24-21-18-15-12-9-6-3)57-66-60(63)54-51-48-45-42-39-36-34-31-29-26-23-20-17-14-11-8-5-2/h7-8,10-11,16-17,19-20,25-29,32-36,41-42,44-45,58H,4-6,9,12-15,18,21-24,30-31,37-40,43,46-57H2,1-3H3/b10-7-,11-8-,19-16-,20-17-,28-25-,29-26-,32-27-,35-33-,36-34-,44-41-,45-42-. The summed E-state index contributed by atoms with van der Waals surface area (Å²) in [6.07, 6.45) is 75.9. The molecule has 0 aromatic heterocycles. The third-order valence-corrected chi connectivity index (χ3v) is 10.6. The molecule has 0 aliphatic carbocycles. The zero-order valence-corrected chi connectivity index (χ0v) is 42.9. The molecule has 0 aromatic carbocycles. The molecule has 0 saturated carbocycles. The largest absolute Gasteiger partial charge is 0.462 e. The molecule has 0 bridgehead atoms. The van der Waals surface area contributed by atoms with E-state index in [0.29, 0.717) is 12.8 Å². The van der Waals surface area contributed by atoms with Gasteiger partial charge in [0.1, 0.15) is 13.2 Å². The molecule has 0 radical (unpaired) electrons. The molecule has 376 valence electrons. The second-order valence-electron chi connectivity index (χ2n) is 17.0. The Bertz CT molecular complexity index is 1400. The van der Waals surface area contributed by atoms with Gasteiger partial charge in [-0.3, -0.25) is 14.4 Å². The lowest BCUT2D eigenvalue weighted by molar-refractivity contribution is -0.167. The number of hydrogen-bond acceptors (Lipinski definition) is 6. The predicted octanol–water partition coefficient (Wildman–Crippen LogP) is 17.9. The SMILES string of the molecule is CC/C=C\C/C=C\C/C=C\C/C=C\C/C=C\CCCC(=O)OCC(COC(=O)CCC/C=C\C/C=C\C/C=C\C/C=C\C/C=C\CC)OC(=O)CCCCCCC/C=C\CCCCCCCC. The van der Waals surface area contributed by atoms with Crippen molar-refractivity contribution in [1.29, 1.82) is 0 Å². The monoisotopic (exact) mass is 925 g/mol. The Morgan fingerprint density at radius 3 is 0.970 bits per heavy atom. The molecule has 67 heavy (non-hydrogen) atoms. The molecule has 6 nitrogen and oxygen atoms in total. The van der Waals surface area contributed by atoms with Crippen molar-refractivity contribution in [2.24, 2.45) is 0 Å². The first-order valence-corrected chi connectivity index (χ1v) is 26.7. The highest BCUT2D eigenvalue weighted by Crippen LogP contribution is 2.12. The van der Waals surface area contributed by atoms with Crippen molar-refractivity contribution < 1.29 is 28.6 Å². The number of hydrogen-bond donors (Lipinski definition) is 0. The zero-order valence-electron chi connectivity index (χ0n) is 42.9. The summed E-state index contributed by atoms with van der Waals surface area (Å²) < 4.78 is 16.7. The second kappa shape index (κ2) is 54.2. The second-order valence-corrected chi connectivity index (χ2v) is 17.0. The fraction of sp³-hybridized carbons (Fsp3) is 0.590. The maximum Gasteiger partial charge on any atom is 0.306 e. The summed E-state index contributed by atoms with van der Waals surface area (Å²) >= 11 is 0. The van der Waals surface area contributed by atoms with Gasteiger partial charge in [-0.15, -0.1) is 0 Å². The minimum Gasteiger partial charge on any atom is -0.462 e. The Hall–Kier alpha value is -4.45. The molecular formula is C61H96O6. The number of carbonyl (C=O) groups excluding carboxylic acids is 3. The summed E-state index contributed by atoms with van der Waals surface area (Å²) in [4.78, 5) is 38.0. The van der Waals surface area contributed by atoms with Crippen molar-refractivity contribution in [2.75, 3.05) is 13.2 Å². The maximum absolute atomic E-state index is 12.8. The number of ether oxygens (including phenoxy) is 3. The van der Waals surface area contributed by atoms with Gasteiger partial charge in [0.25, 0.3) is 0 Å². The molecular weight excluding hydrogens is 829 g/mol. The van der Waals surface area contributed by atoms with Crippen LogP contribution in [0.15, 0.2) is 134 Å². The summed E-state index contributed by atoms with van der Waals surface area (Å²) in [5.41, 5.74) is 0. The van der Waals surface area contributed by atoms with Crippen molar-refractivity contribution >= 4 is 17.9 Å². The Kier molecular flexibility index (Phi) is 50.6. The molecule has 0 aliphatic rings. The third-order valence-electron chi connectivity index (χ3n) is 10.6. The average Bonchev–Trinajstić information content (AvgIpc) is 3.33. The number of carbonyl (C=O) groups is 3. The summed E-state index contributed by atoms with van der Waals surface area (Å²) in [6, 6.07) is 0. The fourth-order valence-corrected chi connectivity index (χ4v) is 6.68. The van der Waals surface area contributed by atoms with E-state index >= 15 is 0 Å². The minimum atomic E-state index is -0.833. The molecule has 0 atom stereocenters. The lowest BCUT2D eigenvalue weighted by Gasteiger charge is -2.18. The molecule has 0 unspecified atom stereocenters. The van der Waals surface area contributed by atoms with E-state index in [1.54, 1.807) is 0 Å². The van der Waals surface area contributed by atoms with Crippen molar-refractivity contribution in [1.82, 2.24) is 0 Å². The Labute approximate surface area is 411 Å². The smallest absolute Gasteiger partial charge is 0.306 e. The first kappa shape index (κ1) is 62.5. The molecule has 0 saturated heterocycles. The van der Waals surface area contributed by atoms with Crippen molar-refractivity contribution in [3.05, 3.63) is 134 Å². The first-order valence-electron chi connectivity index (χ1n) is 26.7. The van der Waals surface area contributed by atoms with Crippen LogP contribution in [0.25, 0.3) is 0 Å². The van der Waals surface area contributed by atoms with Gasteiger partial charge >= 0.3 is 17.9 Å². The van der Waals surface area contributed by atoms with E-state index in [1.807, 2.05) is 0 Å². The summed E-state index contributed by atoms with van der Waals surface area (Å²) in [5, 5.41) is 0. The number of rotatable bonds is 46.